The van der Waals surface area contributed by atoms with Crippen molar-refractivity contribution >= 4 is 23.2 Å². The molecule has 0 bridgehead atoms. The Kier molecular flexibility index (Phi) is 8.10. The third-order valence-corrected chi connectivity index (χ3v) is 6.86. The molecule has 37 heavy (non-hydrogen) atoms. The van der Waals surface area contributed by atoms with Crippen molar-refractivity contribution in [3.8, 4) is 0 Å². The minimum atomic E-state index is -0.507. The van der Waals surface area contributed by atoms with Crippen LogP contribution in [0.1, 0.15) is 59.3 Å². The molecule has 4 aromatic rings. The highest BCUT2D eigenvalue weighted by Gasteiger charge is 2.33. The Labute approximate surface area is 221 Å². The molecule has 2 aromatic carbocycles. The van der Waals surface area contributed by atoms with Crippen LogP contribution in [-0.2, 0) is 6.54 Å². The van der Waals surface area contributed by atoms with E-state index in [1.54, 1.807) is 16.4 Å². The Morgan fingerprint density at radius 1 is 1.11 bits per heavy atom. The zero-order chi connectivity index (χ0) is 26.7. The van der Waals surface area contributed by atoms with Gasteiger partial charge in [0.05, 0.1) is 18.3 Å². The molecule has 2 heterocycles. The lowest BCUT2D eigenvalue weighted by Crippen LogP contribution is -2.43. The van der Waals surface area contributed by atoms with Crippen molar-refractivity contribution in [1.82, 2.24) is 24.1 Å². The maximum atomic E-state index is 13.9. The topological polar surface area (TPSA) is 98.5 Å². The fourth-order valence-corrected chi connectivity index (χ4v) is 4.78. The number of fused-ring (bicyclic) bond motifs is 1. The minimum absolute atomic E-state index is 0.0642. The summed E-state index contributed by atoms with van der Waals surface area (Å²) in [7, 11) is 0. The Balaban J connectivity index is 1.95. The highest BCUT2D eigenvalue weighted by molar-refractivity contribution is 6.34. The number of rotatable bonds is 9. The zero-order valence-corrected chi connectivity index (χ0v) is 22.4. The fourth-order valence-electron chi connectivity index (χ4n) is 4.62. The molecular formula is C28H33ClN6O2. The van der Waals surface area contributed by atoms with E-state index < -0.39 is 6.04 Å². The van der Waals surface area contributed by atoms with Crippen LogP contribution >= 0.6 is 11.6 Å². The second-order valence-electron chi connectivity index (χ2n) is 9.66. The molecule has 4 rings (SSSR count). The first-order valence-corrected chi connectivity index (χ1v) is 12.9. The number of benzene rings is 2. The average Bonchev–Trinajstić information content (AvgIpc) is 3.17. The summed E-state index contributed by atoms with van der Waals surface area (Å²) in [6.45, 7) is 8.88. The van der Waals surface area contributed by atoms with Gasteiger partial charge in [0.25, 0.3) is 5.91 Å². The molecule has 2 N–H and O–H groups in total. The number of carbonyl (C=O) groups excluding carboxylic acids is 1. The van der Waals surface area contributed by atoms with Gasteiger partial charge in [-0.05, 0) is 50.4 Å². The lowest BCUT2D eigenvalue weighted by Gasteiger charge is -2.35. The normalized spacial score (nSPS) is 12.3. The van der Waals surface area contributed by atoms with Crippen molar-refractivity contribution in [3.63, 3.8) is 0 Å². The maximum absolute atomic E-state index is 13.9. The first-order valence-electron chi connectivity index (χ1n) is 12.5. The van der Waals surface area contributed by atoms with Crippen molar-refractivity contribution in [3.05, 3.63) is 98.3 Å². The molecule has 0 aliphatic carbocycles. The SMILES string of the molecule is Cc1cccc(C(=O)N(CCCN)C(c2nc3c(Cl)c(C)nn3c(=O)n2Cc2ccccc2)C(C)C)c1. The van der Waals surface area contributed by atoms with Gasteiger partial charge in [0.15, 0.2) is 5.65 Å². The molecule has 1 amide bonds. The molecule has 0 aliphatic heterocycles. The number of carbonyl (C=O) groups is 1. The van der Waals surface area contributed by atoms with Crippen LogP contribution in [0.4, 0.5) is 0 Å². The molecule has 194 valence electrons. The van der Waals surface area contributed by atoms with Crippen molar-refractivity contribution in [2.75, 3.05) is 13.1 Å². The molecule has 9 heteroatoms. The average molecular weight is 521 g/mol. The molecule has 0 spiro atoms. The molecule has 1 unspecified atom stereocenters. The van der Waals surface area contributed by atoms with Crippen LogP contribution in [0.5, 0.6) is 0 Å². The summed E-state index contributed by atoms with van der Waals surface area (Å²) in [5.41, 5.74) is 8.83. The Hall–Kier alpha value is -3.49. The van der Waals surface area contributed by atoms with Gasteiger partial charge in [-0.25, -0.2) is 9.78 Å². The number of amides is 1. The number of hydrogen-bond acceptors (Lipinski definition) is 5. The summed E-state index contributed by atoms with van der Waals surface area (Å²) in [5.74, 6) is 0.272. The smallest absolute Gasteiger partial charge is 0.330 e. The van der Waals surface area contributed by atoms with Crippen LogP contribution in [0.3, 0.4) is 0 Å². The number of aromatic nitrogens is 4. The van der Waals surface area contributed by atoms with E-state index in [0.29, 0.717) is 41.6 Å². The van der Waals surface area contributed by atoms with E-state index in [1.807, 2.05) is 75.4 Å². The van der Waals surface area contributed by atoms with Crippen molar-refractivity contribution in [1.29, 1.82) is 0 Å². The first-order chi connectivity index (χ1) is 17.7. The highest BCUT2D eigenvalue weighted by Crippen LogP contribution is 2.31. The molecule has 2 aromatic heterocycles. The summed E-state index contributed by atoms with van der Waals surface area (Å²) >= 11 is 6.53. The number of aryl methyl sites for hydroxylation is 2. The summed E-state index contributed by atoms with van der Waals surface area (Å²) < 4.78 is 2.85. The predicted octanol–water partition coefficient (Wildman–Crippen LogP) is 4.40. The molecule has 0 radical (unpaired) electrons. The standard InChI is InChI=1S/C28H33ClN6O2/c1-18(2)24(33(15-9-14-30)27(36)22-13-8-10-19(3)16-22)26-31-25-23(29)20(4)32-35(25)28(37)34(26)17-21-11-6-5-7-12-21/h5-8,10-13,16,18,24H,9,14-15,17,30H2,1-4H3. The van der Waals surface area contributed by atoms with Crippen molar-refractivity contribution in [2.24, 2.45) is 11.7 Å². The van der Waals surface area contributed by atoms with Gasteiger partial charge in [-0.1, -0.05) is 73.5 Å². The lowest BCUT2D eigenvalue weighted by atomic mass is 9.99. The van der Waals surface area contributed by atoms with Gasteiger partial charge in [-0.2, -0.15) is 9.61 Å². The Morgan fingerprint density at radius 3 is 2.49 bits per heavy atom. The van der Waals surface area contributed by atoms with E-state index in [9.17, 15) is 9.59 Å². The summed E-state index contributed by atoms with van der Waals surface area (Å²) in [6, 6.07) is 16.7. The van der Waals surface area contributed by atoms with Gasteiger partial charge >= 0.3 is 5.69 Å². The third kappa shape index (κ3) is 5.45. The molecule has 0 saturated carbocycles. The van der Waals surface area contributed by atoms with Crippen LogP contribution in [-0.4, -0.2) is 43.1 Å². The van der Waals surface area contributed by atoms with E-state index in [4.69, 9.17) is 22.3 Å². The van der Waals surface area contributed by atoms with Crippen LogP contribution in [0.2, 0.25) is 5.02 Å². The highest BCUT2D eigenvalue weighted by atomic mass is 35.5. The number of nitrogens with two attached hydrogens (primary N) is 1. The molecule has 0 saturated heterocycles. The number of halogens is 1. The minimum Gasteiger partial charge on any atom is -0.330 e. The molecule has 1 atom stereocenters. The number of hydrogen-bond donors (Lipinski definition) is 1. The second-order valence-corrected chi connectivity index (χ2v) is 10.0. The molecular weight excluding hydrogens is 488 g/mol. The van der Waals surface area contributed by atoms with Gasteiger partial charge in [0.1, 0.15) is 10.8 Å². The monoisotopic (exact) mass is 520 g/mol. The second kappa shape index (κ2) is 11.3. The maximum Gasteiger partial charge on any atom is 0.352 e. The number of nitrogens with zero attached hydrogens (tertiary/aromatic N) is 5. The first kappa shape index (κ1) is 26.6. The van der Waals surface area contributed by atoms with E-state index in [0.717, 1.165) is 11.1 Å². The van der Waals surface area contributed by atoms with Crippen LogP contribution in [0.15, 0.2) is 59.4 Å². The molecule has 0 fully saturated rings. The zero-order valence-electron chi connectivity index (χ0n) is 21.7. The molecule has 8 nitrogen and oxygen atoms in total. The van der Waals surface area contributed by atoms with Gasteiger partial charge in [0.2, 0.25) is 0 Å². The van der Waals surface area contributed by atoms with E-state index >= 15 is 0 Å². The van der Waals surface area contributed by atoms with Crippen LogP contribution < -0.4 is 11.4 Å². The Morgan fingerprint density at radius 2 is 1.84 bits per heavy atom. The van der Waals surface area contributed by atoms with Gasteiger partial charge < -0.3 is 10.6 Å². The summed E-state index contributed by atoms with van der Waals surface area (Å²) in [4.78, 5) is 34.4. The van der Waals surface area contributed by atoms with Gasteiger partial charge in [-0.3, -0.25) is 9.36 Å². The predicted molar refractivity (Wildman–Crippen MR) is 146 cm³/mol. The summed E-state index contributed by atoms with van der Waals surface area (Å²) in [6.07, 6.45) is 0.610. The van der Waals surface area contributed by atoms with E-state index in [1.165, 1.54) is 4.52 Å². The quantitative estimate of drug-likeness (QED) is 0.353. The Bertz CT molecular complexity index is 1460. The summed E-state index contributed by atoms with van der Waals surface area (Å²) in [5, 5.41) is 4.66. The largest absolute Gasteiger partial charge is 0.352 e. The molecule has 0 aliphatic rings. The van der Waals surface area contributed by atoms with Crippen molar-refractivity contribution in [2.45, 2.75) is 46.7 Å². The lowest BCUT2D eigenvalue weighted by molar-refractivity contribution is 0.0601. The van der Waals surface area contributed by atoms with Crippen LogP contribution in [0, 0.1) is 19.8 Å². The van der Waals surface area contributed by atoms with Crippen LogP contribution in [0.25, 0.3) is 5.65 Å². The van der Waals surface area contributed by atoms with E-state index in [2.05, 4.69) is 5.10 Å². The van der Waals surface area contributed by atoms with Gasteiger partial charge in [0, 0.05) is 12.1 Å². The van der Waals surface area contributed by atoms with Crippen molar-refractivity contribution < 1.29 is 4.79 Å². The van der Waals surface area contributed by atoms with Gasteiger partial charge in [-0.15, -0.1) is 0 Å². The third-order valence-electron chi connectivity index (χ3n) is 6.42. The fraction of sp³-hybridized carbons (Fsp3) is 0.357. The van der Waals surface area contributed by atoms with E-state index in [-0.39, 0.29) is 29.7 Å².